The summed E-state index contributed by atoms with van der Waals surface area (Å²) in [5.41, 5.74) is 3.86. The van der Waals surface area contributed by atoms with E-state index in [1.807, 2.05) is 16.8 Å². The lowest BCUT2D eigenvalue weighted by Gasteiger charge is -2.08. The van der Waals surface area contributed by atoms with Gasteiger partial charge in [-0.2, -0.15) is 11.3 Å². The van der Waals surface area contributed by atoms with Gasteiger partial charge >= 0.3 is 6.03 Å². The number of amides is 2. The van der Waals surface area contributed by atoms with E-state index in [0.29, 0.717) is 16.5 Å². The number of nitrogens with zero attached hydrogens (tertiary/aromatic N) is 3. The molecule has 0 atom stereocenters. The smallest absolute Gasteiger partial charge is 0.321 e. The third kappa shape index (κ3) is 4.21. The second-order valence-electron chi connectivity index (χ2n) is 5.72. The predicted molar refractivity (Wildman–Crippen MR) is 109 cm³/mol. The largest absolute Gasteiger partial charge is 0.332 e. The van der Waals surface area contributed by atoms with Crippen LogP contribution < -0.4 is 10.6 Å². The van der Waals surface area contributed by atoms with Crippen LogP contribution in [0.5, 0.6) is 0 Å². The first kappa shape index (κ1) is 18.2. The predicted octanol–water partition coefficient (Wildman–Crippen LogP) is 4.79. The van der Waals surface area contributed by atoms with Crippen molar-refractivity contribution in [2.75, 3.05) is 5.32 Å². The third-order valence-electron chi connectivity index (χ3n) is 3.85. The van der Waals surface area contributed by atoms with Crippen molar-refractivity contribution >= 4 is 33.8 Å². The number of thiazole rings is 1. The Labute approximate surface area is 168 Å². The number of benzene rings is 1. The summed E-state index contributed by atoms with van der Waals surface area (Å²) in [6.07, 6.45) is 3.23. The first-order valence-corrected chi connectivity index (χ1v) is 10.1. The summed E-state index contributed by atoms with van der Waals surface area (Å²) in [4.78, 5) is 25.3. The van der Waals surface area contributed by atoms with Crippen LogP contribution in [0.1, 0.15) is 5.69 Å². The maximum Gasteiger partial charge on any atom is 0.321 e. The van der Waals surface area contributed by atoms with E-state index in [9.17, 15) is 9.18 Å². The molecule has 4 rings (SSSR count). The molecular formula is C19H14FN5OS2. The summed E-state index contributed by atoms with van der Waals surface area (Å²) in [6.45, 7) is 0.237. The quantitative estimate of drug-likeness (QED) is 0.495. The number of thiophene rings is 1. The SMILES string of the molecule is O=C(NCc1nccnc1-c1ccsc1)Nc1nc(-c2ccc(F)cc2)cs1. The van der Waals surface area contributed by atoms with E-state index in [1.165, 1.54) is 23.5 Å². The van der Waals surface area contributed by atoms with Crippen molar-refractivity contribution in [1.29, 1.82) is 0 Å². The Balaban J connectivity index is 1.39. The van der Waals surface area contributed by atoms with Gasteiger partial charge in [-0.25, -0.2) is 14.2 Å². The van der Waals surface area contributed by atoms with E-state index in [2.05, 4.69) is 25.6 Å². The molecule has 3 heterocycles. The van der Waals surface area contributed by atoms with Gasteiger partial charge in [0.2, 0.25) is 0 Å². The van der Waals surface area contributed by atoms with Crippen LogP contribution in [-0.4, -0.2) is 21.0 Å². The molecule has 1 aromatic carbocycles. The van der Waals surface area contributed by atoms with Gasteiger partial charge in [-0.1, -0.05) is 0 Å². The average molecular weight is 411 g/mol. The van der Waals surface area contributed by atoms with Gasteiger partial charge in [0.15, 0.2) is 5.13 Å². The van der Waals surface area contributed by atoms with Gasteiger partial charge in [0, 0.05) is 34.3 Å². The minimum atomic E-state index is -0.387. The zero-order chi connectivity index (χ0) is 19.3. The van der Waals surface area contributed by atoms with Crippen molar-refractivity contribution in [3.8, 4) is 22.5 Å². The van der Waals surface area contributed by atoms with Gasteiger partial charge in [0.1, 0.15) is 5.82 Å². The van der Waals surface area contributed by atoms with Crippen molar-refractivity contribution in [2.45, 2.75) is 6.54 Å². The van der Waals surface area contributed by atoms with E-state index in [4.69, 9.17) is 0 Å². The highest BCUT2D eigenvalue weighted by Crippen LogP contribution is 2.25. The van der Waals surface area contributed by atoms with Crippen LogP contribution in [-0.2, 0) is 6.54 Å². The van der Waals surface area contributed by atoms with Crippen LogP contribution in [0.4, 0.5) is 14.3 Å². The van der Waals surface area contributed by atoms with E-state index >= 15 is 0 Å². The fourth-order valence-electron chi connectivity index (χ4n) is 2.53. The molecular weight excluding hydrogens is 397 g/mol. The number of aromatic nitrogens is 3. The van der Waals surface area contributed by atoms with Crippen LogP contribution in [0, 0.1) is 5.82 Å². The molecule has 0 unspecified atom stereocenters. The lowest BCUT2D eigenvalue weighted by Crippen LogP contribution is -2.28. The van der Waals surface area contributed by atoms with Crippen molar-refractivity contribution in [3.05, 3.63) is 70.4 Å². The number of halogens is 1. The molecule has 140 valence electrons. The molecule has 0 aliphatic heterocycles. The topological polar surface area (TPSA) is 79.8 Å². The molecule has 0 bridgehead atoms. The molecule has 0 spiro atoms. The van der Waals surface area contributed by atoms with Crippen LogP contribution >= 0.6 is 22.7 Å². The van der Waals surface area contributed by atoms with Gasteiger partial charge < -0.3 is 5.32 Å². The summed E-state index contributed by atoms with van der Waals surface area (Å²) in [5, 5.41) is 11.7. The molecule has 2 N–H and O–H groups in total. The Morgan fingerprint density at radius 1 is 1.04 bits per heavy atom. The molecule has 9 heteroatoms. The Bertz CT molecular complexity index is 1080. The van der Waals surface area contributed by atoms with Gasteiger partial charge in [0.25, 0.3) is 0 Å². The first-order valence-electron chi connectivity index (χ1n) is 8.28. The molecule has 28 heavy (non-hydrogen) atoms. The number of nitrogens with one attached hydrogen (secondary N) is 2. The summed E-state index contributed by atoms with van der Waals surface area (Å²) < 4.78 is 13.0. The summed E-state index contributed by atoms with van der Waals surface area (Å²) in [6, 6.07) is 7.62. The van der Waals surface area contributed by atoms with Crippen molar-refractivity contribution in [1.82, 2.24) is 20.3 Å². The Morgan fingerprint density at radius 3 is 2.64 bits per heavy atom. The number of carbonyl (C=O) groups is 1. The maximum absolute atomic E-state index is 13.0. The molecule has 4 aromatic rings. The fraction of sp³-hybridized carbons (Fsp3) is 0.0526. The lowest BCUT2D eigenvalue weighted by molar-refractivity contribution is 0.251. The van der Waals surface area contributed by atoms with E-state index in [0.717, 1.165) is 16.8 Å². The molecule has 0 saturated heterocycles. The number of anilines is 1. The molecule has 0 saturated carbocycles. The standard InChI is InChI=1S/C19H14FN5OS2/c20-14-3-1-12(2-4-14)16-11-28-19(24-16)25-18(26)23-9-15-17(22-7-6-21-15)13-5-8-27-10-13/h1-8,10-11H,9H2,(H2,23,24,25,26). The zero-order valence-corrected chi connectivity index (χ0v) is 16.1. The van der Waals surface area contributed by atoms with Crippen LogP contribution in [0.25, 0.3) is 22.5 Å². The number of hydrogen-bond donors (Lipinski definition) is 2. The molecule has 2 amide bonds. The Kier molecular flexibility index (Phi) is 5.36. The van der Waals surface area contributed by atoms with E-state index in [1.54, 1.807) is 41.2 Å². The van der Waals surface area contributed by atoms with E-state index in [-0.39, 0.29) is 18.4 Å². The monoisotopic (exact) mass is 411 g/mol. The number of carbonyl (C=O) groups excluding carboxylic acids is 1. The number of rotatable bonds is 5. The van der Waals surface area contributed by atoms with Gasteiger partial charge in [0.05, 0.1) is 23.6 Å². The highest BCUT2D eigenvalue weighted by molar-refractivity contribution is 7.14. The van der Waals surface area contributed by atoms with E-state index < -0.39 is 0 Å². The highest BCUT2D eigenvalue weighted by atomic mass is 32.1. The molecule has 0 fully saturated rings. The van der Waals surface area contributed by atoms with Crippen LogP contribution in [0.15, 0.2) is 58.9 Å². The normalized spacial score (nSPS) is 10.6. The number of hydrogen-bond acceptors (Lipinski definition) is 6. The first-order chi connectivity index (χ1) is 13.7. The minimum Gasteiger partial charge on any atom is -0.332 e. The maximum atomic E-state index is 13.0. The Morgan fingerprint density at radius 2 is 1.86 bits per heavy atom. The zero-order valence-electron chi connectivity index (χ0n) is 14.4. The van der Waals surface area contributed by atoms with Gasteiger partial charge in [-0.05, 0) is 35.7 Å². The Hall–Kier alpha value is -3.17. The number of urea groups is 1. The molecule has 3 aromatic heterocycles. The second-order valence-corrected chi connectivity index (χ2v) is 7.35. The van der Waals surface area contributed by atoms with Gasteiger partial charge in [-0.15, -0.1) is 11.3 Å². The third-order valence-corrected chi connectivity index (χ3v) is 5.29. The minimum absolute atomic E-state index is 0.237. The summed E-state index contributed by atoms with van der Waals surface area (Å²) in [7, 11) is 0. The van der Waals surface area contributed by atoms with Crippen LogP contribution in [0.3, 0.4) is 0 Å². The highest BCUT2D eigenvalue weighted by Gasteiger charge is 2.11. The molecule has 6 nitrogen and oxygen atoms in total. The van der Waals surface area contributed by atoms with Crippen molar-refractivity contribution in [3.63, 3.8) is 0 Å². The van der Waals surface area contributed by atoms with Crippen molar-refractivity contribution in [2.24, 2.45) is 0 Å². The van der Waals surface area contributed by atoms with Gasteiger partial charge in [-0.3, -0.25) is 15.3 Å². The second kappa shape index (κ2) is 8.24. The van der Waals surface area contributed by atoms with Crippen molar-refractivity contribution < 1.29 is 9.18 Å². The van der Waals surface area contributed by atoms with Crippen LogP contribution in [0.2, 0.25) is 0 Å². The summed E-state index contributed by atoms with van der Waals surface area (Å²) in [5.74, 6) is -0.303. The summed E-state index contributed by atoms with van der Waals surface area (Å²) >= 11 is 2.87. The molecule has 0 aliphatic carbocycles. The molecule has 0 aliphatic rings. The molecule has 0 radical (unpaired) electrons. The average Bonchev–Trinajstić information content (AvgIpc) is 3.39. The lowest BCUT2D eigenvalue weighted by atomic mass is 10.2. The fourth-order valence-corrected chi connectivity index (χ4v) is 3.88.